The third kappa shape index (κ3) is 3.96. The van der Waals surface area contributed by atoms with Crippen LogP contribution < -0.4 is 5.73 Å². The molecule has 0 fully saturated rings. The van der Waals surface area contributed by atoms with Crippen molar-refractivity contribution in [1.29, 1.82) is 5.26 Å². The lowest BCUT2D eigenvalue weighted by molar-refractivity contribution is 0.589. The largest absolute Gasteiger partial charge is 0.327 e. The van der Waals surface area contributed by atoms with Gasteiger partial charge in [0.05, 0.1) is 11.5 Å². The molecule has 1 heterocycles. The summed E-state index contributed by atoms with van der Waals surface area (Å²) in [5.41, 5.74) is 6.22. The maximum atomic E-state index is 11.6. The molecule has 0 aliphatic carbocycles. The number of nitrogens with zero attached hydrogens (tertiary/aromatic N) is 2. The average molecular weight is 239 g/mol. The Kier molecular flexibility index (Phi) is 3.99. The molecule has 6 heteroatoms. The van der Waals surface area contributed by atoms with E-state index in [1.165, 1.54) is 12.3 Å². The Bertz CT molecular complexity index is 503. The maximum Gasteiger partial charge on any atom is 0.155 e. The highest BCUT2D eigenvalue weighted by atomic mass is 32.2. The molecule has 2 N–H and O–H groups in total. The lowest BCUT2D eigenvalue weighted by atomic mass is 10.2. The number of rotatable bonds is 4. The Morgan fingerprint density at radius 2 is 2.31 bits per heavy atom. The van der Waals surface area contributed by atoms with Gasteiger partial charge in [0.15, 0.2) is 9.84 Å². The van der Waals surface area contributed by atoms with Gasteiger partial charge < -0.3 is 5.73 Å². The Morgan fingerprint density at radius 1 is 1.62 bits per heavy atom. The quantitative estimate of drug-likeness (QED) is 0.810. The number of nitrogens with two attached hydrogens (primary N) is 1. The van der Waals surface area contributed by atoms with Crippen molar-refractivity contribution in [3.05, 3.63) is 29.6 Å². The molecule has 1 atom stereocenters. The van der Waals surface area contributed by atoms with Gasteiger partial charge in [-0.15, -0.1) is 0 Å². The molecule has 5 nitrogen and oxygen atoms in total. The van der Waals surface area contributed by atoms with Gasteiger partial charge in [-0.3, -0.25) is 0 Å². The van der Waals surface area contributed by atoms with Gasteiger partial charge in [-0.05, 0) is 24.6 Å². The second kappa shape index (κ2) is 5.05. The standard InChI is InChI=1S/C10H13N3O2S/c1-8(12)6-16(14,15)7-9-2-3-13-10(4-9)5-11/h2-4,8H,6-7,12H2,1H3. The minimum atomic E-state index is -3.22. The SMILES string of the molecule is CC(N)CS(=O)(=O)Cc1ccnc(C#N)c1. The molecule has 1 aromatic heterocycles. The summed E-state index contributed by atoms with van der Waals surface area (Å²) in [5, 5.41) is 8.62. The van der Waals surface area contributed by atoms with Crippen molar-refractivity contribution in [2.75, 3.05) is 5.75 Å². The van der Waals surface area contributed by atoms with Crippen LogP contribution in [-0.4, -0.2) is 25.2 Å². The fourth-order valence-electron chi connectivity index (χ4n) is 1.34. The summed E-state index contributed by atoms with van der Waals surface area (Å²) >= 11 is 0. The summed E-state index contributed by atoms with van der Waals surface area (Å²) in [5.74, 6) is -0.164. The molecule has 0 saturated heterocycles. The van der Waals surface area contributed by atoms with E-state index in [1.807, 2.05) is 6.07 Å². The van der Waals surface area contributed by atoms with Gasteiger partial charge in [0.1, 0.15) is 11.8 Å². The van der Waals surface area contributed by atoms with Crippen LogP contribution in [0.4, 0.5) is 0 Å². The summed E-state index contributed by atoms with van der Waals surface area (Å²) in [7, 11) is -3.22. The fraction of sp³-hybridized carbons (Fsp3) is 0.400. The lowest BCUT2D eigenvalue weighted by Crippen LogP contribution is -2.27. The molecule has 0 aliphatic heterocycles. The molecule has 1 unspecified atom stereocenters. The molecule has 1 aromatic rings. The van der Waals surface area contributed by atoms with Crippen LogP contribution in [-0.2, 0) is 15.6 Å². The van der Waals surface area contributed by atoms with E-state index in [0.717, 1.165) is 0 Å². The number of hydrogen-bond acceptors (Lipinski definition) is 5. The highest BCUT2D eigenvalue weighted by Crippen LogP contribution is 2.08. The van der Waals surface area contributed by atoms with Gasteiger partial charge in [-0.25, -0.2) is 13.4 Å². The van der Waals surface area contributed by atoms with Crippen LogP contribution >= 0.6 is 0 Å². The van der Waals surface area contributed by atoms with Gasteiger partial charge in [-0.1, -0.05) is 0 Å². The average Bonchev–Trinajstić information content (AvgIpc) is 2.15. The highest BCUT2D eigenvalue weighted by Gasteiger charge is 2.14. The minimum absolute atomic E-state index is 0.0583. The summed E-state index contributed by atoms with van der Waals surface area (Å²) in [6.45, 7) is 1.64. The molecule has 0 bridgehead atoms. The van der Waals surface area contributed by atoms with Crippen molar-refractivity contribution in [1.82, 2.24) is 4.98 Å². The molecular formula is C10H13N3O2S. The predicted octanol–water partition coefficient (Wildman–Crippen LogP) is 0.215. The van der Waals surface area contributed by atoms with Crippen molar-refractivity contribution >= 4 is 9.84 Å². The zero-order chi connectivity index (χ0) is 12.2. The van der Waals surface area contributed by atoms with E-state index in [2.05, 4.69) is 4.98 Å². The predicted molar refractivity (Wildman–Crippen MR) is 60.1 cm³/mol. The van der Waals surface area contributed by atoms with Crippen LogP contribution in [0.5, 0.6) is 0 Å². The molecule has 16 heavy (non-hydrogen) atoms. The molecule has 0 aromatic carbocycles. The molecular weight excluding hydrogens is 226 g/mol. The molecule has 0 amide bonds. The van der Waals surface area contributed by atoms with E-state index in [-0.39, 0.29) is 23.2 Å². The van der Waals surface area contributed by atoms with Crippen LogP contribution in [0.1, 0.15) is 18.2 Å². The van der Waals surface area contributed by atoms with E-state index in [1.54, 1.807) is 13.0 Å². The van der Waals surface area contributed by atoms with Crippen molar-refractivity contribution in [2.24, 2.45) is 5.73 Å². The first kappa shape index (κ1) is 12.6. The third-order valence-electron chi connectivity index (χ3n) is 1.84. The van der Waals surface area contributed by atoms with E-state index in [4.69, 9.17) is 11.0 Å². The maximum absolute atomic E-state index is 11.6. The minimum Gasteiger partial charge on any atom is -0.327 e. The number of pyridine rings is 1. The Labute approximate surface area is 94.8 Å². The summed E-state index contributed by atoms with van der Waals surface area (Å²) in [4.78, 5) is 3.77. The number of sulfone groups is 1. The zero-order valence-corrected chi connectivity index (χ0v) is 9.74. The van der Waals surface area contributed by atoms with E-state index < -0.39 is 9.84 Å². The summed E-state index contributed by atoms with van der Waals surface area (Å²) < 4.78 is 23.3. The second-order valence-corrected chi connectivity index (χ2v) is 5.80. The van der Waals surface area contributed by atoms with Crippen LogP contribution in [0, 0.1) is 11.3 Å². The van der Waals surface area contributed by atoms with Crippen molar-refractivity contribution in [3.63, 3.8) is 0 Å². The molecule has 0 aliphatic rings. The van der Waals surface area contributed by atoms with Gasteiger partial charge in [0.25, 0.3) is 0 Å². The van der Waals surface area contributed by atoms with E-state index in [0.29, 0.717) is 5.56 Å². The first-order valence-electron chi connectivity index (χ1n) is 4.74. The highest BCUT2D eigenvalue weighted by molar-refractivity contribution is 7.90. The number of aromatic nitrogens is 1. The van der Waals surface area contributed by atoms with E-state index in [9.17, 15) is 8.42 Å². The summed E-state index contributed by atoms with van der Waals surface area (Å²) in [6.07, 6.45) is 1.43. The first-order chi connectivity index (χ1) is 7.43. The van der Waals surface area contributed by atoms with Crippen LogP contribution in [0.3, 0.4) is 0 Å². The number of hydrogen-bond donors (Lipinski definition) is 1. The van der Waals surface area contributed by atoms with Gasteiger partial charge >= 0.3 is 0 Å². The topological polar surface area (TPSA) is 96.8 Å². The molecule has 0 spiro atoms. The number of nitriles is 1. The smallest absolute Gasteiger partial charge is 0.155 e. The first-order valence-corrected chi connectivity index (χ1v) is 6.56. The van der Waals surface area contributed by atoms with Crippen molar-refractivity contribution in [3.8, 4) is 6.07 Å². The zero-order valence-electron chi connectivity index (χ0n) is 8.92. The molecule has 0 saturated carbocycles. The second-order valence-electron chi connectivity index (χ2n) is 3.69. The fourth-order valence-corrected chi connectivity index (χ4v) is 2.94. The normalized spacial score (nSPS) is 13.1. The Hall–Kier alpha value is -1.45. The Morgan fingerprint density at radius 3 is 2.88 bits per heavy atom. The molecule has 86 valence electrons. The van der Waals surface area contributed by atoms with Crippen LogP contribution in [0.25, 0.3) is 0 Å². The van der Waals surface area contributed by atoms with Gasteiger partial charge in [-0.2, -0.15) is 5.26 Å². The summed E-state index contributed by atoms with van der Waals surface area (Å²) in [6, 6.07) is 4.53. The monoisotopic (exact) mass is 239 g/mol. The third-order valence-corrected chi connectivity index (χ3v) is 3.65. The van der Waals surface area contributed by atoms with Crippen LogP contribution in [0.2, 0.25) is 0 Å². The van der Waals surface area contributed by atoms with Crippen LogP contribution in [0.15, 0.2) is 18.3 Å². The Balaban J connectivity index is 2.85. The molecule has 0 radical (unpaired) electrons. The van der Waals surface area contributed by atoms with Gasteiger partial charge in [0.2, 0.25) is 0 Å². The van der Waals surface area contributed by atoms with Crippen molar-refractivity contribution in [2.45, 2.75) is 18.7 Å². The lowest BCUT2D eigenvalue weighted by Gasteiger charge is -2.06. The molecule has 1 rings (SSSR count). The van der Waals surface area contributed by atoms with Gasteiger partial charge in [0, 0.05) is 12.2 Å². The van der Waals surface area contributed by atoms with Crippen molar-refractivity contribution < 1.29 is 8.42 Å². The van der Waals surface area contributed by atoms with E-state index >= 15 is 0 Å².